The Morgan fingerprint density at radius 2 is 2.04 bits per heavy atom. The number of benzene rings is 1. The lowest BCUT2D eigenvalue weighted by Crippen LogP contribution is -2.13. The molecule has 0 saturated heterocycles. The lowest BCUT2D eigenvalue weighted by Gasteiger charge is -2.10. The van der Waals surface area contributed by atoms with Crippen molar-refractivity contribution >= 4 is 26.6 Å². The van der Waals surface area contributed by atoms with Crippen LogP contribution in [0.25, 0.3) is 10.8 Å². The second-order valence-corrected chi connectivity index (χ2v) is 7.01. The average Bonchev–Trinajstić information content (AvgIpc) is 2.91. The van der Waals surface area contributed by atoms with Gasteiger partial charge in [-0.15, -0.1) is 0 Å². The standard InChI is InChI=1S/C16H19N5O2S/c1-3-21-11(2)12(10-20-21)9-19-16-14-5-4-6-15(24(17,22)23)13(14)7-8-18-16/h4-8,10H,3,9H2,1-2H3,(H,18,19)(H2,17,22,23). The van der Waals surface area contributed by atoms with Crippen LogP contribution in [0.5, 0.6) is 0 Å². The minimum Gasteiger partial charge on any atom is -0.365 e. The molecule has 3 N–H and O–H groups in total. The van der Waals surface area contributed by atoms with E-state index in [2.05, 4.69) is 15.4 Å². The number of hydrogen-bond donors (Lipinski definition) is 2. The zero-order valence-corrected chi connectivity index (χ0v) is 14.3. The van der Waals surface area contributed by atoms with Crippen LogP contribution in [0.3, 0.4) is 0 Å². The molecule has 0 amide bonds. The third-order valence-electron chi connectivity index (χ3n) is 4.02. The van der Waals surface area contributed by atoms with Gasteiger partial charge >= 0.3 is 0 Å². The first-order chi connectivity index (χ1) is 11.4. The summed E-state index contributed by atoms with van der Waals surface area (Å²) in [5.41, 5.74) is 2.16. The minimum absolute atomic E-state index is 0.0976. The van der Waals surface area contributed by atoms with Gasteiger partial charge in [0.2, 0.25) is 10.0 Å². The van der Waals surface area contributed by atoms with E-state index in [1.807, 2.05) is 30.8 Å². The van der Waals surface area contributed by atoms with Gasteiger partial charge in [-0.3, -0.25) is 4.68 Å². The molecule has 24 heavy (non-hydrogen) atoms. The quantitative estimate of drug-likeness (QED) is 0.736. The number of sulfonamides is 1. The summed E-state index contributed by atoms with van der Waals surface area (Å²) >= 11 is 0. The van der Waals surface area contributed by atoms with Crippen LogP contribution in [0.15, 0.2) is 41.6 Å². The molecule has 0 aliphatic carbocycles. The van der Waals surface area contributed by atoms with Crippen molar-refractivity contribution in [3.05, 3.63) is 47.9 Å². The largest absolute Gasteiger partial charge is 0.365 e. The first kappa shape index (κ1) is 16.4. The van der Waals surface area contributed by atoms with E-state index in [0.29, 0.717) is 23.1 Å². The van der Waals surface area contributed by atoms with Gasteiger partial charge in [-0.05, 0) is 26.0 Å². The lowest BCUT2D eigenvalue weighted by atomic mass is 10.1. The Hall–Kier alpha value is -2.45. The summed E-state index contributed by atoms with van der Waals surface area (Å²) in [6.45, 7) is 5.43. The summed E-state index contributed by atoms with van der Waals surface area (Å²) in [5, 5.41) is 14.1. The first-order valence-corrected chi connectivity index (χ1v) is 9.12. The van der Waals surface area contributed by atoms with Crippen molar-refractivity contribution < 1.29 is 8.42 Å². The maximum Gasteiger partial charge on any atom is 0.238 e. The van der Waals surface area contributed by atoms with Gasteiger partial charge in [-0.25, -0.2) is 18.5 Å². The van der Waals surface area contributed by atoms with Crippen LogP contribution >= 0.6 is 0 Å². The molecule has 3 rings (SSSR count). The predicted molar refractivity (Wildman–Crippen MR) is 93.1 cm³/mol. The Kier molecular flexibility index (Phi) is 4.25. The molecule has 126 valence electrons. The molecule has 0 aliphatic rings. The third kappa shape index (κ3) is 2.98. The highest BCUT2D eigenvalue weighted by Crippen LogP contribution is 2.27. The summed E-state index contributed by atoms with van der Waals surface area (Å²) in [5.74, 6) is 0.613. The second-order valence-electron chi connectivity index (χ2n) is 5.48. The van der Waals surface area contributed by atoms with Crippen LogP contribution < -0.4 is 10.5 Å². The van der Waals surface area contributed by atoms with Gasteiger partial charge in [0.05, 0.1) is 11.1 Å². The van der Waals surface area contributed by atoms with Crippen molar-refractivity contribution in [1.29, 1.82) is 0 Å². The number of primary sulfonamides is 1. The Balaban J connectivity index is 1.97. The van der Waals surface area contributed by atoms with Gasteiger partial charge in [-0.2, -0.15) is 5.10 Å². The number of hydrogen-bond acceptors (Lipinski definition) is 5. The second kappa shape index (κ2) is 6.21. The first-order valence-electron chi connectivity index (χ1n) is 7.57. The van der Waals surface area contributed by atoms with Crippen LogP contribution in [0, 0.1) is 6.92 Å². The van der Waals surface area contributed by atoms with E-state index in [1.54, 1.807) is 18.3 Å². The number of anilines is 1. The van der Waals surface area contributed by atoms with Crippen LogP contribution in [0.2, 0.25) is 0 Å². The monoisotopic (exact) mass is 345 g/mol. The topological polar surface area (TPSA) is 103 Å². The van der Waals surface area contributed by atoms with Gasteiger partial charge in [0.1, 0.15) is 5.82 Å². The zero-order valence-electron chi connectivity index (χ0n) is 13.5. The lowest BCUT2D eigenvalue weighted by molar-refractivity contribution is 0.598. The molecule has 3 aromatic rings. The van der Waals surface area contributed by atoms with Gasteiger partial charge in [0.25, 0.3) is 0 Å². The third-order valence-corrected chi connectivity index (χ3v) is 4.99. The van der Waals surface area contributed by atoms with E-state index in [-0.39, 0.29) is 4.90 Å². The Bertz CT molecular complexity index is 995. The molecule has 2 aromatic heterocycles. The van der Waals surface area contributed by atoms with E-state index in [9.17, 15) is 8.42 Å². The molecule has 0 radical (unpaired) electrons. The number of nitrogens with zero attached hydrogens (tertiary/aromatic N) is 3. The fourth-order valence-corrected chi connectivity index (χ4v) is 3.48. The van der Waals surface area contributed by atoms with E-state index >= 15 is 0 Å². The molecule has 0 saturated carbocycles. The number of nitrogens with one attached hydrogen (secondary N) is 1. The Labute approximate surface area is 140 Å². The van der Waals surface area contributed by atoms with Gasteiger partial charge in [-0.1, -0.05) is 12.1 Å². The zero-order chi connectivity index (χ0) is 17.3. The Morgan fingerprint density at radius 1 is 1.25 bits per heavy atom. The molecule has 0 atom stereocenters. The molecule has 1 aromatic carbocycles. The van der Waals surface area contributed by atoms with E-state index in [0.717, 1.165) is 17.8 Å². The number of nitrogens with two attached hydrogens (primary N) is 1. The smallest absolute Gasteiger partial charge is 0.238 e. The molecule has 0 unspecified atom stereocenters. The van der Waals surface area contributed by atoms with Gasteiger partial charge in [0.15, 0.2) is 0 Å². The molecule has 0 bridgehead atoms. The minimum atomic E-state index is -3.79. The van der Waals surface area contributed by atoms with Crippen molar-refractivity contribution in [3.8, 4) is 0 Å². The highest BCUT2D eigenvalue weighted by Gasteiger charge is 2.14. The fraction of sp³-hybridized carbons (Fsp3) is 0.250. The number of pyridine rings is 1. The summed E-state index contributed by atoms with van der Waals surface area (Å²) in [7, 11) is -3.79. The average molecular weight is 345 g/mol. The van der Waals surface area contributed by atoms with Crippen molar-refractivity contribution in [3.63, 3.8) is 0 Å². The fourth-order valence-electron chi connectivity index (χ4n) is 2.72. The number of aromatic nitrogens is 3. The summed E-state index contributed by atoms with van der Waals surface area (Å²) in [6, 6.07) is 6.63. The number of rotatable bonds is 5. The van der Waals surface area contributed by atoms with Crippen LogP contribution in [0.4, 0.5) is 5.82 Å². The molecule has 7 nitrogen and oxygen atoms in total. The summed E-state index contributed by atoms with van der Waals surface area (Å²) in [6.07, 6.45) is 3.40. The molecular formula is C16H19N5O2S. The normalized spacial score (nSPS) is 11.8. The highest BCUT2D eigenvalue weighted by atomic mass is 32.2. The summed E-state index contributed by atoms with van der Waals surface area (Å²) < 4.78 is 25.4. The molecule has 2 heterocycles. The highest BCUT2D eigenvalue weighted by molar-refractivity contribution is 7.89. The molecule has 0 aliphatic heterocycles. The molecular weight excluding hydrogens is 326 g/mol. The van der Waals surface area contributed by atoms with Crippen molar-refractivity contribution in [2.75, 3.05) is 5.32 Å². The van der Waals surface area contributed by atoms with Gasteiger partial charge < -0.3 is 5.32 Å². The number of fused-ring (bicyclic) bond motifs is 1. The van der Waals surface area contributed by atoms with Crippen LogP contribution in [-0.2, 0) is 23.1 Å². The molecule has 8 heteroatoms. The maximum atomic E-state index is 11.7. The molecule has 0 spiro atoms. The van der Waals surface area contributed by atoms with Crippen molar-refractivity contribution in [2.45, 2.75) is 31.8 Å². The molecule has 0 fully saturated rings. The van der Waals surface area contributed by atoms with Crippen molar-refractivity contribution in [2.24, 2.45) is 5.14 Å². The van der Waals surface area contributed by atoms with Crippen LogP contribution in [0.1, 0.15) is 18.2 Å². The van der Waals surface area contributed by atoms with E-state index < -0.39 is 10.0 Å². The van der Waals surface area contributed by atoms with E-state index in [4.69, 9.17) is 5.14 Å². The SMILES string of the molecule is CCn1ncc(CNc2nccc3c(S(N)(=O)=O)cccc23)c1C. The number of aryl methyl sites for hydroxylation is 1. The van der Waals surface area contributed by atoms with E-state index in [1.165, 1.54) is 6.07 Å². The predicted octanol–water partition coefficient (Wildman–Crippen LogP) is 2.02. The van der Waals surface area contributed by atoms with Crippen molar-refractivity contribution in [1.82, 2.24) is 14.8 Å². The Morgan fingerprint density at radius 3 is 2.71 bits per heavy atom. The van der Waals surface area contributed by atoms with Gasteiger partial charge in [0, 0.05) is 41.3 Å². The van der Waals surface area contributed by atoms with Crippen LogP contribution in [-0.4, -0.2) is 23.2 Å². The maximum absolute atomic E-state index is 11.7. The summed E-state index contributed by atoms with van der Waals surface area (Å²) in [4.78, 5) is 4.43.